The molecule has 0 radical (unpaired) electrons. The summed E-state index contributed by atoms with van der Waals surface area (Å²) < 4.78 is 26.0. The third-order valence-electron chi connectivity index (χ3n) is 2.12. The zero-order valence-electron chi connectivity index (χ0n) is 10.1. The van der Waals surface area contributed by atoms with E-state index in [4.69, 9.17) is 0 Å². The molecule has 1 N–H and O–H groups in total. The number of aromatic nitrogens is 1. The SMILES string of the molecule is CCCNc1ncc(Br)cc1S(=O)(=O)N(C)C. The van der Waals surface area contributed by atoms with Crippen LogP contribution >= 0.6 is 15.9 Å². The average molecular weight is 322 g/mol. The third-order valence-corrected chi connectivity index (χ3v) is 4.38. The minimum Gasteiger partial charge on any atom is -0.369 e. The minimum atomic E-state index is -3.48. The maximum absolute atomic E-state index is 12.1. The van der Waals surface area contributed by atoms with Crippen LogP contribution in [0.1, 0.15) is 13.3 Å². The summed E-state index contributed by atoms with van der Waals surface area (Å²) in [5.74, 6) is 0.392. The molecule has 0 fully saturated rings. The van der Waals surface area contributed by atoms with E-state index in [0.717, 1.165) is 6.42 Å². The molecule has 1 heterocycles. The smallest absolute Gasteiger partial charge is 0.246 e. The first-order valence-electron chi connectivity index (χ1n) is 5.21. The summed E-state index contributed by atoms with van der Waals surface area (Å²) in [7, 11) is -0.482. The Balaban J connectivity index is 3.25. The Morgan fingerprint density at radius 1 is 1.47 bits per heavy atom. The number of pyridine rings is 1. The first-order valence-corrected chi connectivity index (χ1v) is 7.44. The highest BCUT2D eigenvalue weighted by molar-refractivity contribution is 9.10. The fourth-order valence-electron chi connectivity index (χ4n) is 1.19. The molecule has 1 aromatic rings. The second kappa shape index (κ2) is 5.79. The predicted octanol–water partition coefficient (Wildman–Crippen LogP) is 1.92. The van der Waals surface area contributed by atoms with E-state index in [1.807, 2.05) is 6.92 Å². The molecule has 17 heavy (non-hydrogen) atoms. The molecule has 0 aliphatic carbocycles. The van der Waals surface area contributed by atoms with Crippen LogP contribution in [0.5, 0.6) is 0 Å². The van der Waals surface area contributed by atoms with Crippen molar-refractivity contribution >= 4 is 31.8 Å². The summed E-state index contributed by atoms with van der Waals surface area (Å²) in [6.45, 7) is 2.69. The van der Waals surface area contributed by atoms with Gasteiger partial charge >= 0.3 is 0 Å². The van der Waals surface area contributed by atoms with E-state index in [9.17, 15) is 8.42 Å². The molecule has 0 spiro atoms. The summed E-state index contributed by atoms with van der Waals surface area (Å²) >= 11 is 3.23. The lowest BCUT2D eigenvalue weighted by Crippen LogP contribution is -2.24. The van der Waals surface area contributed by atoms with E-state index in [1.54, 1.807) is 12.3 Å². The molecule has 0 aliphatic heterocycles. The zero-order valence-corrected chi connectivity index (χ0v) is 12.5. The van der Waals surface area contributed by atoms with Crippen LogP contribution in [-0.4, -0.2) is 38.3 Å². The molecule has 1 rings (SSSR count). The van der Waals surface area contributed by atoms with Crippen LogP contribution in [-0.2, 0) is 10.0 Å². The molecule has 1 aromatic heterocycles. The fourth-order valence-corrected chi connectivity index (χ4v) is 2.71. The van der Waals surface area contributed by atoms with Gasteiger partial charge in [0.25, 0.3) is 0 Å². The van der Waals surface area contributed by atoms with Crippen LogP contribution in [0, 0.1) is 0 Å². The molecule has 0 saturated carbocycles. The van der Waals surface area contributed by atoms with Crippen molar-refractivity contribution in [3.8, 4) is 0 Å². The predicted molar refractivity (Wildman–Crippen MR) is 71.6 cm³/mol. The lowest BCUT2D eigenvalue weighted by Gasteiger charge is -2.15. The Hall–Kier alpha value is -0.660. The Morgan fingerprint density at radius 3 is 2.65 bits per heavy atom. The Labute approximate surface area is 110 Å². The van der Waals surface area contributed by atoms with Crippen molar-refractivity contribution in [1.29, 1.82) is 0 Å². The second-order valence-corrected chi connectivity index (χ2v) is 6.75. The number of rotatable bonds is 5. The first kappa shape index (κ1) is 14.4. The van der Waals surface area contributed by atoms with Crippen LogP contribution in [0.15, 0.2) is 21.6 Å². The van der Waals surface area contributed by atoms with Gasteiger partial charge in [0.2, 0.25) is 10.0 Å². The summed E-state index contributed by atoms with van der Waals surface area (Å²) in [5.41, 5.74) is 0. The number of anilines is 1. The largest absolute Gasteiger partial charge is 0.369 e. The number of nitrogens with zero attached hydrogens (tertiary/aromatic N) is 2. The quantitative estimate of drug-likeness (QED) is 0.900. The van der Waals surface area contributed by atoms with Gasteiger partial charge in [0.15, 0.2) is 0 Å². The van der Waals surface area contributed by atoms with Crippen molar-refractivity contribution in [3.05, 3.63) is 16.7 Å². The van der Waals surface area contributed by atoms with Crippen molar-refractivity contribution in [2.45, 2.75) is 18.2 Å². The van der Waals surface area contributed by atoms with Gasteiger partial charge in [-0.05, 0) is 28.4 Å². The minimum absolute atomic E-state index is 0.185. The first-order chi connectivity index (χ1) is 7.89. The highest BCUT2D eigenvalue weighted by Gasteiger charge is 2.22. The normalized spacial score (nSPS) is 11.8. The van der Waals surface area contributed by atoms with Crippen molar-refractivity contribution in [3.63, 3.8) is 0 Å². The second-order valence-electron chi connectivity index (χ2n) is 3.71. The monoisotopic (exact) mass is 321 g/mol. The molecule has 0 saturated heterocycles. The molecule has 0 aromatic carbocycles. The number of nitrogens with one attached hydrogen (secondary N) is 1. The Morgan fingerprint density at radius 2 is 2.12 bits per heavy atom. The van der Waals surface area contributed by atoms with E-state index in [2.05, 4.69) is 26.2 Å². The molecule has 0 unspecified atom stereocenters. The van der Waals surface area contributed by atoms with Gasteiger partial charge in [-0.3, -0.25) is 0 Å². The summed E-state index contributed by atoms with van der Waals surface area (Å²) in [6, 6.07) is 1.56. The molecule has 7 heteroatoms. The van der Waals surface area contributed by atoms with E-state index in [-0.39, 0.29) is 4.90 Å². The lowest BCUT2D eigenvalue weighted by molar-refractivity contribution is 0.520. The van der Waals surface area contributed by atoms with Gasteiger partial charge in [-0.25, -0.2) is 17.7 Å². The maximum Gasteiger partial charge on any atom is 0.246 e. The number of halogens is 1. The van der Waals surface area contributed by atoms with Crippen molar-refractivity contribution in [2.75, 3.05) is 26.0 Å². The molecule has 0 aliphatic rings. The fraction of sp³-hybridized carbons (Fsp3) is 0.500. The van der Waals surface area contributed by atoms with Crippen LogP contribution in [0.4, 0.5) is 5.82 Å². The lowest BCUT2D eigenvalue weighted by atomic mass is 10.4. The van der Waals surface area contributed by atoms with Crippen molar-refractivity contribution < 1.29 is 8.42 Å². The van der Waals surface area contributed by atoms with Gasteiger partial charge in [-0.2, -0.15) is 0 Å². The van der Waals surface area contributed by atoms with Gasteiger partial charge in [-0.15, -0.1) is 0 Å². The van der Waals surface area contributed by atoms with E-state index in [1.165, 1.54) is 18.4 Å². The van der Waals surface area contributed by atoms with E-state index < -0.39 is 10.0 Å². The number of hydrogen-bond donors (Lipinski definition) is 1. The molecular formula is C10H16BrN3O2S. The van der Waals surface area contributed by atoms with Crippen LogP contribution in [0.25, 0.3) is 0 Å². The summed E-state index contributed by atoms with van der Waals surface area (Å²) in [5, 5.41) is 3.01. The van der Waals surface area contributed by atoms with Crippen LogP contribution in [0.2, 0.25) is 0 Å². The maximum atomic E-state index is 12.1. The number of sulfonamides is 1. The molecule has 96 valence electrons. The van der Waals surface area contributed by atoms with E-state index in [0.29, 0.717) is 16.8 Å². The highest BCUT2D eigenvalue weighted by Crippen LogP contribution is 2.24. The third kappa shape index (κ3) is 3.40. The Bertz CT molecular complexity index is 488. The molecule has 0 atom stereocenters. The van der Waals surface area contributed by atoms with Gasteiger partial charge in [0.05, 0.1) is 0 Å². The topological polar surface area (TPSA) is 62.3 Å². The van der Waals surface area contributed by atoms with Gasteiger partial charge in [-0.1, -0.05) is 6.92 Å². The van der Waals surface area contributed by atoms with Gasteiger partial charge < -0.3 is 5.32 Å². The highest BCUT2D eigenvalue weighted by atomic mass is 79.9. The summed E-state index contributed by atoms with van der Waals surface area (Å²) in [4.78, 5) is 4.29. The Kier molecular flexibility index (Phi) is 4.91. The number of hydrogen-bond acceptors (Lipinski definition) is 4. The van der Waals surface area contributed by atoms with Crippen molar-refractivity contribution in [2.24, 2.45) is 0 Å². The molecule has 0 amide bonds. The van der Waals surface area contributed by atoms with Gasteiger partial charge in [0, 0.05) is 31.3 Å². The van der Waals surface area contributed by atoms with Crippen LogP contribution in [0.3, 0.4) is 0 Å². The van der Waals surface area contributed by atoms with Crippen molar-refractivity contribution in [1.82, 2.24) is 9.29 Å². The summed E-state index contributed by atoms with van der Waals surface area (Å²) in [6.07, 6.45) is 2.48. The molecule has 5 nitrogen and oxygen atoms in total. The zero-order chi connectivity index (χ0) is 13.1. The molecule has 0 bridgehead atoms. The van der Waals surface area contributed by atoms with Gasteiger partial charge in [0.1, 0.15) is 10.7 Å². The van der Waals surface area contributed by atoms with Crippen LogP contribution < -0.4 is 5.32 Å². The molecular weight excluding hydrogens is 306 g/mol. The van der Waals surface area contributed by atoms with E-state index >= 15 is 0 Å². The average Bonchev–Trinajstić information content (AvgIpc) is 2.27. The standard InChI is InChI=1S/C10H16BrN3O2S/c1-4-5-12-10-9(6-8(11)7-13-10)17(15,16)14(2)3/h6-7H,4-5H2,1-3H3,(H,12,13).